The lowest BCUT2D eigenvalue weighted by atomic mass is 10.1. The average molecular weight is 236 g/mol. The molecule has 1 aromatic carbocycles. The Morgan fingerprint density at radius 1 is 1.35 bits per heavy atom. The van der Waals surface area contributed by atoms with Crippen LogP contribution in [0.5, 0.6) is 5.75 Å². The van der Waals surface area contributed by atoms with Gasteiger partial charge in [-0.15, -0.1) is 0 Å². The first kappa shape index (κ1) is 13.5. The van der Waals surface area contributed by atoms with Gasteiger partial charge < -0.3 is 15.8 Å². The highest BCUT2D eigenvalue weighted by molar-refractivity contribution is 5.78. The van der Waals surface area contributed by atoms with Crippen molar-refractivity contribution in [1.29, 1.82) is 0 Å². The summed E-state index contributed by atoms with van der Waals surface area (Å²) in [5.41, 5.74) is 6.36. The van der Waals surface area contributed by atoms with Crippen LogP contribution < -0.4 is 15.8 Å². The lowest BCUT2D eigenvalue weighted by Crippen LogP contribution is -2.45. The molecule has 0 spiro atoms. The predicted octanol–water partition coefficient (Wildman–Crippen LogP) is 1.09. The second kappa shape index (κ2) is 5.68. The molecule has 0 atom stereocenters. The highest BCUT2D eigenvalue weighted by Crippen LogP contribution is 2.11. The van der Waals surface area contributed by atoms with Crippen LogP contribution in [-0.2, 0) is 11.2 Å². The van der Waals surface area contributed by atoms with Gasteiger partial charge in [0.2, 0.25) is 5.91 Å². The van der Waals surface area contributed by atoms with Crippen LogP contribution in [0, 0.1) is 0 Å². The number of benzene rings is 1. The largest absolute Gasteiger partial charge is 0.497 e. The van der Waals surface area contributed by atoms with E-state index in [0.717, 1.165) is 11.3 Å². The van der Waals surface area contributed by atoms with Crippen molar-refractivity contribution < 1.29 is 9.53 Å². The SMILES string of the molecule is COc1ccc(CC(=O)NCC(C)(C)N)cc1. The summed E-state index contributed by atoms with van der Waals surface area (Å²) >= 11 is 0. The Bertz CT molecular complexity index is 366. The molecule has 1 amide bonds. The van der Waals surface area contributed by atoms with Gasteiger partial charge in [0, 0.05) is 12.1 Å². The van der Waals surface area contributed by atoms with E-state index in [2.05, 4.69) is 5.32 Å². The summed E-state index contributed by atoms with van der Waals surface area (Å²) < 4.78 is 5.05. The second-order valence-electron chi connectivity index (χ2n) is 4.79. The fourth-order valence-corrected chi connectivity index (χ4v) is 1.32. The van der Waals surface area contributed by atoms with Crippen LogP contribution in [-0.4, -0.2) is 25.1 Å². The molecular formula is C13H20N2O2. The number of methoxy groups -OCH3 is 1. The molecule has 0 fully saturated rings. The number of nitrogens with two attached hydrogens (primary N) is 1. The summed E-state index contributed by atoms with van der Waals surface area (Å²) in [6, 6.07) is 7.45. The molecule has 4 heteroatoms. The third kappa shape index (κ3) is 5.36. The van der Waals surface area contributed by atoms with Crippen LogP contribution >= 0.6 is 0 Å². The van der Waals surface area contributed by atoms with Gasteiger partial charge in [-0.1, -0.05) is 12.1 Å². The number of amides is 1. The van der Waals surface area contributed by atoms with Gasteiger partial charge in [-0.25, -0.2) is 0 Å². The molecule has 0 aliphatic heterocycles. The van der Waals surface area contributed by atoms with E-state index in [1.54, 1.807) is 7.11 Å². The Labute approximate surface area is 102 Å². The summed E-state index contributed by atoms with van der Waals surface area (Å²) in [6.07, 6.45) is 0.361. The fraction of sp³-hybridized carbons (Fsp3) is 0.462. The van der Waals surface area contributed by atoms with Crippen LogP contribution in [0.2, 0.25) is 0 Å². The van der Waals surface area contributed by atoms with E-state index in [-0.39, 0.29) is 11.4 Å². The molecular weight excluding hydrogens is 216 g/mol. The van der Waals surface area contributed by atoms with E-state index >= 15 is 0 Å². The van der Waals surface area contributed by atoms with Gasteiger partial charge >= 0.3 is 0 Å². The van der Waals surface area contributed by atoms with E-state index in [9.17, 15) is 4.79 Å². The van der Waals surface area contributed by atoms with E-state index in [0.29, 0.717) is 13.0 Å². The molecule has 0 bridgehead atoms. The lowest BCUT2D eigenvalue weighted by molar-refractivity contribution is -0.120. The lowest BCUT2D eigenvalue weighted by Gasteiger charge is -2.18. The number of hydrogen-bond donors (Lipinski definition) is 2. The summed E-state index contributed by atoms with van der Waals surface area (Å²) in [5, 5.41) is 2.80. The Morgan fingerprint density at radius 2 is 1.94 bits per heavy atom. The van der Waals surface area contributed by atoms with Gasteiger partial charge in [-0.05, 0) is 31.5 Å². The Morgan fingerprint density at radius 3 is 2.41 bits per heavy atom. The zero-order valence-electron chi connectivity index (χ0n) is 10.6. The van der Waals surface area contributed by atoms with Gasteiger partial charge in [0.15, 0.2) is 0 Å². The molecule has 0 saturated carbocycles. The Kier molecular flexibility index (Phi) is 4.52. The number of hydrogen-bond acceptors (Lipinski definition) is 3. The molecule has 0 heterocycles. The molecule has 0 aliphatic carbocycles. The maximum Gasteiger partial charge on any atom is 0.224 e. The highest BCUT2D eigenvalue weighted by atomic mass is 16.5. The Hall–Kier alpha value is -1.55. The monoisotopic (exact) mass is 236 g/mol. The zero-order chi connectivity index (χ0) is 12.9. The average Bonchev–Trinajstić information content (AvgIpc) is 2.27. The van der Waals surface area contributed by atoms with Crippen molar-refractivity contribution >= 4 is 5.91 Å². The molecule has 0 saturated heterocycles. The van der Waals surface area contributed by atoms with Crippen molar-refractivity contribution in [2.45, 2.75) is 25.8 Å². The standard InChI is InChI=1S/C13H20N2O2/c1-13(2,14)9-15-12(16)8-10-4-6-11(17-3)7-5-10/h4-7H,8-9,14H2,1-3H3,(H,15,16). The van der Waals surface area contributed by atoms with Crippen molar-refractivity contribution in [2.24, 2.45) is 5.73 Å². The smallest absolute Gasteiger partial charge is 0.224 e. The van der Waals surface area contributed by atoms with Crippen LogP contribution in [0.3, 0.4) is 0 Å². The van der Waals surface area contributed by atoms with Crippen molar-refractivity contribution in [3.8, 4) is 5.75 Å². The zero-order valence-corrected chi connectivity index (χ0v) is 10.6. The van der Waals surface area contributed by atoms with Crippen LogP contribution in [0.1, 0.15) is 19.4 Å². The van der Waals surface area contributed by atoms with E-state index < -0.39 is 0 Å². The molecule has 1 aromatic rings. The van der Waals surface area contributed by atoms with Gasteiger partial charge in [0.1, 0.15) is 5.75 Å². The first-order valence-electron chi connectivity index (χ1n) is 5.59. The van der Waals surface area contributed by atoms with Crippen LogP contribution in [0.25, 0.3) is 0 Å². The molecule has 1 rings (SSSR count). The Balaban J connectivity index is 2.45. The molecule has 4 nitrogen and oxygen atoms in total. The first-order chi connectivity index (χ1) is 7.90. The van der Waals surface area contributed by atoms with Crippen LogP contribution in [0.4, 0.5) is 0 Å². The molecule has 0 unspecified atom stereocenters. The number of nitrogens with one attached hydrogen (secondary N) is 1. The molecule has 0 aromatic heterocycles. The summed E-state index contributed by atoms with van der Waals surface area (Å²) in [7, 11) is 1.62. The quantitative estimate of drug-likeness (QED) is 0.804. The first-order valence-corrected chi connectivity index (χ1v) is 5.59. The number of rotatable bonds is 5. The van der Waals surface area contributed by atoms with Crippen molar-refractivity contribution in [3.63, 3.8) is 0 Å². The summed E-state index contributed by atoms with van der Waals surface area (Å²) in [5.74, 6) is 0.769. The van der Waals surface area contributed by atoms with Crippen LogP contribution in [0.15, 0.2) is 24.3 Å². The van der Waals surface area contributed by atoms with E-state index in [1.165, 1.54) is 0 Å². The minimum atomic E-state index is -0.379. The maximum atomic E-state index is 11.6. The third-order valence-electron chi connectivity index (χ3n) is 2.26. The van der Waals surface area contributed by atoms with Crippen molar-refractivity contribution in [3.05, 3.63) is 29.8 Å². The van der Waals surface area contributed by atoms with E-state index in [4.69, 9.17) is 10.5 Å². The van der Waals surface area contributed by atoms with Gasteiger partial charge in [-0.3, -0.25) is 4.79 Å². The number of carbonyl (C=O) groups is 1. The molecule has 0 aliphatic rings. The third-order valence-corrected chi connectivity index (χ3v) is 2.26. The minimum Gasteiger partial charge on any atom is -0.497 e. The molecule has 3 N–H and O–H groups in total. The molecule has 17 heavy (non-hydrogen) atoms. The number of carbonyl (C=O) groups excluding carboxylic acids is 1. The summed E-state index contributed by atoms with van der Waals surface area (Å²) in [6.45, 7) is 4.23. The molecule has 0 radical (unpaired) electrons. The molecule has 94 valence electrons. The highest BCUT2D eigenvalue weighted by Gasteiger charge is 2.12. The topological polar surface area (TPSA) is 64.3 Å². The minimum absolute atomic E-state index is 0.0197. The van der Waals surface area contributed by atoms with Gasteiger partial charge in [0.05, 0.1) is 13.5 Å². The van der Waals surface area contributed by atoms with Gasteiger partial charge in [-0.2, -0.15) is 0 Å². The maximum absolute atomic E-state index is 11.6. The fourth-order valence-electron chi connectivity index (χ4n) is 1.32. The van der Waals surface area contributed by atoms with E-state index in [1.807, 2.05) is 38.1 Å². The predicted molar refractivity (Wildman–Crippen MR) is 68.0 cm³/mol. The van der Waals surface area contributed by atoms with Gasteiger partial charge in [0.25, 0.3) is 0 Å². The second-order valence-corrected chi connectivity index (χ2v) is 4.79. The van der Waals surface area contributed by atoms with Crippen molar-refractivity contribution in [2.75, 3.05) is 13.7 Å². The van der Waals surface area contributed by atoms with Crippen molar-refractivity contribution in [1.82, 2.24) is 5.32 Å². The summed E-state index contributed by atoms with van der Waals surface area (Å²) in [4.78, 5) is 11.6. The normalized spacial score (nSPS) is 11.1. The number of ether oxygens (including phenoxy) is 1.